The largest absolute Gasteiger partial charge is 0.389 e. The lowest BCUT2D eigenvalue weighted by Gasteiger charge is -2.19. The average Bonchev–Trinajstić information content (AvgIpc) is 2.71. The van der Waals surface area contributed by atoms with Gasteiger partial charge in [0, 0.05) is 33.4 Å². The van der Waals surface area contributed by atoms with Crippen LogP contribution in [0.3, 0.4) is 0 Å². The lowest BCUT2D eigenvalue weighted by atomic mass is 10.4. The molecule has 9 heteroatoms. The van der Waals surface area contributed by atoms with Gasteiger partial charge in [0.05, 0.1) is 12.7 Å². The lowest BCUT2D eigenvalue weighted by molar-refractivity contribution is 0.0554. The molecule has 0 bridgehead atoms. The topological polar surface area (TPSA) is 111 Å². The zero-order chi connectivity index (χ0) is 15.3. The first-order valence-corrected chi connectivity index (χ1v) is 7.73. The second-order valence-electron chi connectivity index (χ2n) is 4.54. The number of likely N-dealkylation sites (N-methyl/N-ethyl adjacent to an activating group) is 1. The molecule has 1 heterocycles. The second-order valence-corrected chi connectivity index (χ2v) is 6.55. The molecule has 8 nitrogen and oxygen atoms in total. The Morgan fingerprint density at radius 1 is 1.60 bits per heavy atom. The van der Waals surface area contributed by atoms with Crippen LogP contribution in [0, 0.1) is 0 Å². The van der Waals surface area contributed by atoms with E-state index < -0.39 is 16.1 Å². The molecule has 0 fully saturated rings. The first-order chi connectivity index (χ1) is 9.32. The first-order valence-electron chi connectivity index (χ1n) is 6.29. The molecule has 0 spiro atoms. The maximum absolute atomic E-state index is 12.4. The number of anilines is 1. The van der Waals surface area contributed by atoms with Crippen molar-refractivity contribution in [1.82, 2.24) is 14.1 Å². The summed E-state index contributed by atoms with van der Waals surface area (Å²) >= 11 is 0. The predicted molar refractivity (Wildman–Crippen MR) is 74.6 cm³/mol. The van der Waals surface area contributed by atoms with Crippen molar-refractivity contribution >= 4 is 15.8 Å². The molecule has 20 heavy (non-hydrogen) atoms. The van der Waals surface area contributed by atoms with Gasteiger partial charge >= 0.3 is 0 Å². The number of sulfonamides is 1. The first kappa shape index (κ1) is 16.9. The number of nitrogens with two attached hydrogens (primary N) is 1. The van der Waals surface area contributed by atoms with Crippen molar-refractivity contribution in [3.8, 4) is 0 Å². The van der Waals surface area contributed by atoms with E-state index in [0.29, 0.717) is 6.54 Å². The van der Waals surface area contributed by atoms with E-state index in [1.807, 2.05) is 6.92 Å². The van der Waals surface area contributed by atoms with Crippen molar-refractivity contribution in [3.63, 3.8) is 0 Å². The molecule has 0 amide bonds. The number of nitrogens with zero attached hydrogens (tertiary/aromatic N) is 3. The summed E-state index contributed by atoms with van der Waals surface area (Å²) in [5, 5.41) is 13.6. The molecule has 0 saturated heterocycles. The van der Waals surface area contributed by atoms with Crippen molar-refractivity contribution in [2.75, 3.05) is 33.0 Å². The highest BCUT2D eigenvalue weighted by Gasteiger charge is 2.27. The van der Waals surface area contributed by atoms with Gasteiger partial charge in [0.2, 0.25) is 10.0 Å². The quantitative estimate of drug-likeness (QED) is 0.670. The van der Waals surface area contributed by atoms with E-state index in [0.717, 1.165) is 10.7 Å². The molecular formula is C11H22N4O4S. The summed E-state index contributed by atoms with van der Waals surface area (Å²) in [6, 6.07) is 0. The third-order valence-corrected chi connectivity index (χ3v) is 4.56. The summed E-state index contributed by atoms with van der Waals surface area (Å²) in [7, 11) is -0.956. The van der Waals surface area contributed by atoms with Gasteiger partial charge in [-0.15, -0.1) is 0 Å². The van der Waals surface area contributed by atoms with Gasteiger partial charge in [0.1, 0.15) is 4.90 Å². The molecular weight excluding hydrogens is 284 g/mol. The van der Waals surface area contributed by atoms with E-state index >= 15 is 0 Å². The van der Waals surface area contributed by atoms with Crippen LogP contribution in [0.25, 0.3) is 0 Å². The maximum Gasteiger partial charge on any atom is 0.248 e. The lowest BCUT2D eigenvalue weighted by Crippen LogP contribution is -2.36. The van der Waals surface area contributed by atoms with Gasteiger partial charge in [0.25, 0.3) is 0 Å². The Bertz CT molecular complexity index is 529. The van der Waals surface area contributed by atoms with Gasteiger partial charge in [-0.05, 0) is 6.42 Å². The van der Waals surface area contributed by atoms with Gasteiger partial charge in [-0.25, -0.2) is 8.42 Å². The molecule has 0 aliphatic rings. The van der Waals surface area contributed by atoms with Gasteiger partial charge < -0.3 is 15.6 Å². The van der Waals surface area contributed by atoms with E-state index in [1.54, 1.807) is 0 Å². The van der Waals surface area contributed by atoms with E-state index in [1.165, 1.54) is 25.0 Å². The van der Waals surface area contributed by atoms with Crippen LogP contribution in [-0.2, 0) is 21.3 Å². The minimum Gasteiger partial charge on any atom is -0.389 e. The highest BCUT2D eigenvalue weighted by molar-refractivity contribution is 7.89. The van der Waals surface area contributed by atoms with Crippen molar-refractivity contribution in [2.45, 2.75) is 30.9 Å². The zero-order valence-electron chi connectivity index (χ0n) is 12.0. The number of hydrogen-bond donors (Lipinski definition) is 2. The highest BCUT2D eigenvalue weighted by Crippen LogP contribution is 2.20. The van der Waals surface area contributed by atoms with Gasteiger partial charge in [-0.2, -0.15) is 9.40 Å². The van der Waals surface area contributed by atoms with E-state index in [-0.39, 0.29) is 23.9 Å². The number of rotatable bonds is 8. The highest BCUT2D eigenvalue weighted by atomic mass is 32.2. The molecule has 3 N–H and O–H groups in total. The number of aryl methyl sites for hydroxylation is 1. The summed E-state index contributed by atoms with van der Waals surface area (Å²) < 4.78 is 32.0. The minimum absolute atomic E-state index is 0.0356. The van der Waals surface area contributed by atoms with Gasteiger partial charge in [-0.1, -0.05) is 6.92 Å². The summed E-state index contributed by atoms with van der Waals surface area (Å²) in [5.41, 5.74) is 5.66. The van der Waals surface area contributed by atoms with Crippen LogP contribution in [0.1, 0.15) is 13.3 Å². The fourth-order valence-electron chi connectivity index (χ4n) is 1.77. The number of aliphatic hydroxyl groups excluding tert-OH is 1. The smallest absolute Gasteiger partial charge is 0.248 e. The summed E-state index contributed by atoms with van der Waals surface area (Å²) in [6.45, 7) is 2.54. The average molecular weight is 306 g/mol. The molecule has 1 aromatic rings. The third-order valence-electron chi connectivity index (χ3n) is 2.72. The number of ether oxygens (including phenoxy) is 1. The van der Waals surface area contributed by atoms with Crippen LogP contribution < -0.4 is 5.73 Å². The Balaban J connectivity index is 2.92. The van der Waals surface area contributed by atoms with Crippen molar-refractivity contribution < 1.29 is 18.3 Å². The fourth-order valence-corrected chi connectivity index (χ4v) is 3.03. The Labute approximate surface area is 119 Å². The van der Waals surface area contributed by atoms with Crippen LogP contribution in [0.5, 0.6) is 0 Å². The SMILES string of the molecule is CCCn1cc(S(=O)(=O)N(C)CC(O)COC)c(N)n1. The van der Waals surface area contributed by atoms with E-state index in [4.69, 9.17) is 10.5 Å². The monoisotopic (exact) mass is 306 g/mol. The number of methoxy groups -OCH3 is 1. The molecule has 0 aliphatic carbocycles. The predicted octanol–water partition coefficient (Wildman–Crippen LogP) is -0.497. The zero-order valence-corrected chi connectivity index (χ0v) is 12.8. The van der Waals surface area contributed by atoms with Crippen molar-refractivity contribution in [2.24, 2.45) is 0 Å². The van der Waals surface area contributed by atoms with Crippen LogP contribution in [0.2, 0.25) is 0 Å². The molecule has 116 valence electrons. The molecule has 0 aliphatic heterocycles. The van der Waals surface area contributed by atoms with Crippen LogP contribution >= 0.6 is 0 Å². The van der Waals surface area contributed by atoms with Crippen LogP contribution in [0.15, 0.2) is 11.1 Å². The second kappa shape index (κ2) is 7.02. The van der Waals surface area contributed by atoms with Gasteiger partial charge in [-0.3, -0.25) is 4.68 Å². The molecule has 1 atom stereocenters. The summed E-state index contributed by atoms with van der Waals surface area (Å²) in [4.78, 5) is -0.0435. The Morgan fingerprint density at radius 2 is 2.25 bits per heavy atom. The number of hydrogen-bond acceptors (Lipinski definition) is 6. The molecule has 1 rings (SSSR count). The number of aromatic nitrogens is 2. The van der Waals surface area contributed by atoms with E-state index in [9.17, 15) is 13.5 Å². The Hall–Kier alpha value is -1.16. The number of aliphatic hydroxyl groups is 1. The molecule has 0 saturated carbocycles. The molecule has 1 aromatic heterocycles. The Kier molecular flexibility index (Phi) is 5.93. The summed E-state index contributed by atoms with van der Waals surface area (Å²) in [5.74, 6) is -0.0356. The number of nitrogen functional groups attached to an aromatic ring is 1. The third kappa shape index (κ3) is 3.92. The normalized spacial score (nSPS) is 13.8. The minimum atomic E-state index is -3.77. The molecule has 1 unspecified atom stereocenters. The fraction of sp³-hybridized carbons (Fsp3) is 0.727. The van der Waals surface area contributed by atoms with Gasteiger partial charge in [0.15, 0.2) is 5.82 Å². The Morgan fingerprint density at radius 3 is 2.80 bits per heavy atom. The standard InChI is InChI=1S/C11H22N4O4S/c1-4-5-15-7-10(11(12)13-15)20(17,18)14(2)6-9(16)8-19-3/h7,9,16H,4-6,8H2,1-3H3,(H2,12,13). The van der Waals surface area contributed by atoms with Crippen molar-refractivity contribution in [1.29, 1.82) is 0 Å². The molecule has 0 radical (unpaired) electrons. The maximum atomic E-state index is 12.4. The summed E-state index contributed by atoms with van der Waals surface area (Å²) in [6.07, 6.45) is 1.34. The van der Waals surface area contributed by atoms with E-state index in [2.05, 4.69) is 5.10 Å². The van der Waals surface area contributed by atoms with Crippen LogP contribution in [-0.4, -0.2) is 61.0 Å². The van der Waals surface area contributed by atoms with Crippen molar-refractivity contribution in [3.05, 3.63) is 6.20 Å². The molecule has 0 aromatic carbocycles. The van der Waals surface area contributed by atoms with Crippen LogP contribution in [0.4, 0.5) is 5.82 Å².